The number of hydrogen-bond donors (Lipinski definition) is 2. The van der Waals surface area contributed by atoms with E-state index in [0.29, 0.717) is 25.6 Å². The molecular weight excluding hydrogens is 258 g/mol. The van der Waals surface area contributed by atoms with Crippen molar-refractivity contribution < 1.29 is 4.79 Å². The van der Waals surface area contributed by atoms with Gasteiger partial charge in [0.25, 0.3) is 0 Å². The van der Waals surface area contributed by atoms with Gasteiger partial charge < -0.3 is 10.6 Å². The van der Waals surface area contributed by atoms with Crippen LogP contribution in [0, 0.1) is 0 Å². The second-order valence-electron chi connectivity index (χ2n) is 3.89. The summed E-state index contributed by atoms with van der Waals surface area (Å²) in [5, 5.41) is 9.00. The number of carbonyl (C=O) groups is 1. The minimum atomic E-state index is 0. The Balaban J connectivity index is 0.00000256. The molecule has 1 heterocycles. The summed E-state index contributed by atoms with van der Waals surface area (Å²) >= 11 is 1.68. The number of aromatic nitrogens is 1. The molecule has 1 rings (SSSR count). The maximum Gasteiger partial charge on any atom is 0.233 e. The summed E-state index contributed by atoms with van der Waals surface area (Å²) in [6, 6.07) is 0. The van der Waals surface area contributed by atoms with Crippen LogP contribution in [0.15, 0.2) is 5.38 Å². The predicted molar refractivity (Wildman–Crippen MR) is 73.8 cm³/mol. The Morgan fingerprint density at radius 1 is 1.53 bits per heavy atom. The van der Waals surface area contributed by atoms with Crippen molar-refractivity contribution in [2.24, 2.45) is 0 Å². The van der Waals surface area contributed by atoms with Crippen LogP contribution < -0.4 is 10.6 Å². The smallest absolute Gasteiger partial charge is 0.233 e. The minimum Gasteiger partial charge on any atom is -0.355 e. The molecule has 0 atom stereocenters. The zero-order chi connectivity index (χ0) is 12.0. The molecule has 0 saturated carbocycles. The number of likely N-dealkylation sites (N-methyl/N-ethyl adjacent to an activating group) is 1. The van der Waals surface area contributed by atoms with Gasteiger partial charge in [-0.25, -0.2) is 4.98 Å². The van der Waals surface area contributed by atoms with Crippen LogP contribution in [0.2, 0.25) is 0 Å². The van der Waals surface area contributed by atoms with E-state index in [0.717, 1.165) is 10.7 Å². The van der Waals surface area contributed by atoms with Crippen molar-refractivity contribution >= 4 is 29.7 Å². The molecule has 6 heteroatoms. The van der Waals surface area contributed by atoms with Crippen LogP contribution in [0.3, 0.4) is 0 Å². The molecule has 0 saturated heterocycles. The first-order valence-electron chi connectivity index (χ1n) is 5.55. The van der Waals surface area contributed by atoms with Crippen molar-refractivity contribution in [1.29, 1.82) is 0 Å². The molecule has 1 aromatic rings. The summed E-state index contributed by atoms with van der Waals surface area (Å²) in [6.45, 7) is 7.85. The van der Waals surface area contributed by atoms with Crippen LogP contribution in [0.5, 0.6) is 0 Å². The third-order valence-corrected chi connectivity index (χ3v) is 3.22. The van der Waals surface area contributed by atoms with Gasteiger partial charge in [-0.1, -0.05) is 13.8 Å². The van der Waals surface area contributed by atoms with Crippen LogP contribution >= 0.6 is 23.7 Å². The molecule has 0 bridgehead atoms. The van der Waals surface area contributed by atoms with Gasteiger partial charge in [-0.3, -0.25) is 4.79 Å². The maximum absolute atomic E-state index is 11.2. The number of rotatable bonds is 6. The molecule has 0 aliphatic heterocycles. The highest BCUT2D eigenvalue weighted by Gasteiger charge is 2.05. The van der Waals surface area contributed by atoms with Gasteiger partial charge in [-0.05, 0) is 6.92 Å². The molecule has 1 aromatic heterocycles. The fourth-order valence-corrected chi connectivity index (χ4v) is 2.07. The summed E-state index contributed by atoms with van der Waals surface area (Å²) in [7, 11) is 0. The summed E-state index contributed by atoms with van der Waals surface area (Å²) in [5.41, 5.74) is 1.01. The molecule has 0 unspecified atom stereocenters. The van der Waals surface area contributed by atoms with Crippen LogP contribution in [-0.2, 0) is 11.3 Å². The lowest BCUT2D eigenvalue weighted by Crippen LogP contribution is -2.33. The zero-order valence-corrected chi connectivity index (χ0v) is 12.1. The van der Waals surface area contributed by atoms with Crippen LogP contribution in [0.4, 0.5) is 0 Å². The van der Waals surface area contributed by atoms with E-state index in [-0.39, 0.29) is 18.3 Å². The molecule has 1 amide bonds. The molecule has 0 aliphatic carbocycles. The van der Waals surface area contributed by atoms with Crippen LogP contribution in [-0.4, -0.2) is 24.0 Å². The monoisotopic (exact) mass is 277 g/mol. The highest BCUT2D eigenvalue weighted by atomic mass is 35.5. The van der Waals surface area contributed by atoms with Crippen molar-refractivity contribution in [3.05, 3.63) is 16.1 Å². The van der Waals surface area contributed by atoms with E-state index in [1.165, 1.54) is 0 Å². The standard InChI is InChI=1S/C11H19N3OS.ClH/c1-4-13-10(15)6-12-5-9-7-16-11(14-9)8(2)3;/h7-8,12H,4-6H2,1-3H3,(H,13,15);1H. The van der Waals surface area contributed by atoms with Gasteiger partial charge in [0.1, 0.15) is 0 Å². The molecule has 4 nitrogen and oxygen atoms in total. The summed E-state index contributed by atoms with van der Waals surface area (Å²) in [5.74, 6) is 0.504. The van der Waals surface area contributed by atoms with Gasteiger partial charge in [0, 0.05) is 24.4 Å². The highest BCUT2D eigenvalue weighted by Crippen LogP contribution is 2.18. The van der Waals surface area contributed by atoms with E-state index in [4.69, 9.17) is 0 Å². The number of nitrogens with zero attached hydrogens (tertiary/aromatic N) is 1. The normalized spacial score (nSPS) is 10.1. The van der Waals surface area contributed by atoms with Crippen molar-refractivity contribution in [1.82, 2.24) is 15.6 Å². The SMILES string of the molecule is CCNC(=O)CNCc1csc(C(C)C)n1.Cl. The molecule has 0 aliphatic rings. The topological polar surface area (TPSA) is 54.0 Å². The second kappa shape index (κ2) is 8.44. The van der Waals surface area contributed by atoms with Crippen LogP contribution in [0.25, 0.3) is 0 Å². The van der Waals surface area contributed by atoms with Gasteiger partial charge >= 0.3 is 0 Å². The second-order valence-corrected chi connectivity index (χ2v) is 4.78. The molecule has 98 valence electrons. The Morgan fingerprint density at radius 3 is 2.76 bits per heavy atom. The fraction of sp³-hybridized carbons (Fsp3) is 0.636. The predicted octanol–water partition coefficient (Wildman–Crippen LogP) is 1.91. The van der Waals surface area contributed by atoms with Crippen molar-refractivity contribution in [2.75, 3.05) is 13.1 Å². The van der Waals surface area contributed by atoms with E-state index in [2.05, 4.69) is 29.5 Å². The third kappa shape index (κ3) is 6.00. The fourth-order valence-electron chi connectivity index (χ4n) is 1.23. The average Bonchev–Trinajstić information content (AvgIpc) is 2.67. The van der Waals surface area contributed by atoms with E-state index in [1.807, 2.05) is 12.3 Å². The van der Waals surface area contributed by atoms with Gasteiger partial charge in [0.2, 0.25) is 5.91 Å². The number of halogens is 1. The third-order valence-electron chi connectivity index (χ3n) is 2.03. The summed E-state index contributed by atoms with van der Waals surface area (Å²) in [6.07, 6.45) is 0. The molecular formula is C11H20ClN3OS. The van der Waals surface area contributed by atoms with E-state index in [9.17, 15) is 4.79 Å². The first-order valence-corrected chi connectivity index (χ1v) is 6.43. The Morgan fingerprint density at radius 2 is 2.24 bits per heavy atom. The largest absolute Gasteiger partial charge is 0.355 e. The van der Waals surface area contributed by atoms with E-state index in [1.54, 1.807) is 11.3 Å². The molecule has 2 N–H and O–H groups in total. The van der Waals surface area contributed by atoms with Gasteiger partial charge in [-0.15, -0.1) is 23.7 Å². The lowest BCUT2D eigenvalue weighted by atomic mass is 10.2. The summed E-state index contributed by atoms with van der Waals surface area (Å²) < 4.78 is 0. The Bertz CT molecular complexity index is 341. The first-order chi connectivity index (χ1) is 7.63. The Hall–Kier alpha value is -0.650. The molecule has 0 spiro atoms. The number of thiazole rings is 1. The number of hydrogen-bond acceptors (Lipinski definition) is 4. The molecule has 0 radical (unpaired) electrons. The number of carbonyl (C=O) groups excluding carboxylic acids is 1. The van der Waals surface area contributed by atoms with Gasteiger partial charge in [0.15, 0.2) is 0 Å². The number of amides is 1. The maximum atomic E-state index is 11.2. The van der Waals surface area contributed by atoms with Crippen molar-refractivity contribution in [3.8, 4) is 0 Å². The average molecular weight is 278 g/mol. The highest BCUT2D eigenvalue weighted by molar-refractivity contribution is 7.09. The van der Waals surface area contributed by atoms with Gasteiger partial charge in [-0.2, -0.15) is 0 Å². The minimum absolute atomic E-state index is 0. The zero-order valence-electron chi connectivity index (χ0n) is 10.4. The molecule has 17 heavy (non-hydrogen) atoms. The molecule has 0 fully saturated rings. The number of nitrogens with one attached hydrogen (secondary N) is 2. The quantitative estimate of drug-likeness (QED) is 0.835. The Kier molecular flexibility index (Phi) is 8.12. The van der Waals surface area contributed by atoms with Gasteiger partial charge in [0.05, 0.1) is 17.2 Å². The first kappa shape index (κ1) is 16.4. The van der Waals surface area contributed by atoms with E-state index >= 15 is 0 Å². The molecule has 0 aromatic carbocycles. The Labute approximate surface area is 113 Å². The summed E-state index contributed by atoms with van der Waals surface area (Å²) in [4.78, 5) is 15.6. The lowest BCUT2D eigenvalue weighted by Gasteiger charge is -2.03. The van der Waals surface area contributed by atoms with Crippen molar-refractivity contribution in [3.63, 3.8) is 0 Å². The van der Waals surface area contributed by atoms with Crippen LogP contribution in [0.1, 0.15) is 37.4 Å². The lowest BCUT2D eigenvalue weighted by molar-refractivity contribution is -0.120. The van der Waals surface area contributed by atoms with E-state index < -0.39 is 0 Å². The van der Waals surface area contributed by atoms with Crippen molar-refractivity contribution in [2.45, 2.75) is 33.2 Å².